The number of nitrogens with zero attached hydrogens (tertiary/aromatic N) is 1. The first kappa shape index (κ1) is 9.92. The standard InChI is InChI=1S/C9H8BrNO2/c1-6-2-3-7(11-9(6)10)4-5-8(12)13/h2-5H,1H3,(H,12,13). The zero-order valence-corrected chi connectivity index (χ0v) is 8.58. The summed E-state index contributed by atoms with van der Waals surface area (Å²) in [5, 5.41) is 8.37. The van der Waals surface area contributed by atoms with E-state index >= 15 is 0 Å². The highest BCUT2D eigenvalue weighted by molar-refractivity contribution is 9.10. The molecule has 4 heteroatoms. The Labute approximate surface area is 84.2 Å². The van der Waals surface area contributed by atoms with Gasteiger partial charge in [-0.1, -0.05) is 6.07 Å². The molecular formula is C9H8BrNO2. The van der Waals surface area contributed by atoms with E-state index in [-0.39, 0.29) is 0 Å². The van der Waals surface area contributed by atoms with E-state index in [4.69, 9.17) is 5.11 Å². The van der Waals surface area contributed by atoms with Crippen molar-refractivity contribution in [1.29, 1.82) is 0 Å². The Kier molecular flexibility index (Phi) is 3.19. The second-order valence-electron chi connectivity index (χ2n) is 2.52. The fourth-order valence-corrected chi connectivity index (χ4v) is 1.10. The van der Waals surface area contributed by atoms with Crippen LogP contribution in [0.1, 0.15) is 11.3 Å². The molecule has 0 atom stereocenters. The summed E-state index contributed by atoms with van der Waals surface area (Å²) in [5.41, 5.74) is 1.65. The SMILES string of the molecule is Cc1ccc(C=CC(=O)O)nc1Br. The molecule has 0 fully saturated rings. The van der Waals surface area contributed by atoms with Gasteiger partial charge >= 0.3 is 5.97 Å². The first-order valence-corrected chi connectivity index (χ1v) is 4.43. The van der Waals surface area contributed by atoms with E-state index < -0.39 is 5.97 Å². The van der Waals surface area contributed by atoms with Gasteiger partial charge in [0.25, 0.3) is 0 Å². The van der Waals surface area contributed by atoms with Crippen LogP contribution in [0.3, 0.4) is 0 Å². The van der Waals surface area contributed by atoms with Gasteiger partial charge in [0.05, 0.1) is 5.69 Å². The van der Waals surface area contributed by atoms with E-state index in [1.807, 2.05) is 13.0 Å². The Balaban J connectivity index is 2.92. The van der Waals surface area contributed by atoms with Crippen LogP contribution in [0.5, 0.6) is 0 Å². The van der Waals surface area contributed by atoms with Crippen LogP contribution in [0.4, 0.5) is 0 Å². The highest BCUT2D eigenvalue weighted by atomic mass is 79.9. The van der Waals surface area contributed by atoms with Gasteiger partial charge in [0, 0.05) is 6.08 Å². The van der Waals surface area contributed by atoms with E-state index in [1.165, 1.54) is 6.08 Å². The predicted molar refractivity (Wildman–Crippen MR) is 53.3 cm³/mol. The zero-order chi connectivity index (χ0) is 9.84. The second-order valence-corrected chi connectivity index (χ2v) is 3.27. The quantitative estimate of drug-likeness (QED) is 0.639. The number of carboxylic acids is 1. The number of hydrogen-bond acceptors (Lipinski definition) is 2. The number of pyridine rings is 1. The fraction of sp³-hybridized carbons (Fsp3) is 0.111. The number of aliphatic carboxylic acids is 1. The maximum Gasteiger partial charge on any atom is 0.328 e. The maximum absolute atomic E-state index is 10.2. The van der Waals surface area contributed by atoms with Crippen molar-refractivity contribution in [3.63, 3.8) is 0 Å². The highest BCUT2D eigenvalue weighted by Gasteiger charge is 1.96. The lowest BCUT2D eigenvalue weighted by Crippen LogP contribution is -1.88. The molecule has 0 aliphatic carbocycles. The van der Waals surface area contributed by atoms with Crippen molar-refractivity contribution in [3.8, 4) is 0 Å². The van der Waals surface area contributed by atoms with E-state index in [9.17, 15) is 4.79 Å². The number of aromatic nitrogens is 1. The molecule has 0 saturated heterocycles. The van der Waals surface area contributed by atoms with Crippen LogP contribution in [-0.2, 0) is 4.79 Å². The van der Waals surface area contributed by atoms with E-state index in [2.05, 4.69) is 20.9 Å². The van der Waals surface area contributed by atoms with Crippen molar-refractivity contribution < 1.29 is 9.90 Å². The molecule has 68 valence electrons. The third-order valence-electron chi connectivity index (χ3n) is 1.45. The molecule has 3 nitrogen and oxygen atoms in total. The zero-order valence-electron chi connectivity index (χ0n) is 6.99. The number of carbonyl (C=O) groups is 1. The van der Waals surface area contributed by atoms with Crippen LogP contribution in [0.2, 0.25) is 0 Å². The number of aryl methyl sites for hydroxylation is 1. The Bertz CT molecular complexity index is 361. The average Bonchev–Trinajstić information content (AvgIpc) is 2.07. The van der Waals surface area contributed by atoms with Crippen LogP contribution in [0, 0.1) is 6.92 Å². The van der Waals surface area contributed by atoms with Crippen molar-refractivity contribution in [3.05, 3.63) is 34.1 Å². The molecule has 1 aromatic rings. The van der Waals surface area contributed by atoms with Gasteiger partial charge in [-0.25, -0.2) is 9.78 Å². The van der Waals surface area contributed by atoms with Crippen molar-refractivity contribution in [2.75, 3.05) is 0 Å². The second kappa shape index (κ2) is 4.18. The first-order chi connectivity index (χ1) is 6.09. The fourth-order valence-electron chi connectivity index (χ4n) is 0.767. The molecule has 0 amide bonds. The van der Waals surface area contributed by atoms with Gasteiger partial charge in [-0.2, -0.15) is 0 Å². The Morgan fingerprint density at radius 3 is 2.85 bits per heavy atom. The molecule has 0 unspecified atom stereocenters. The molecule has 0 spiro atoms. The topological polar surface area (TPSA) is 50.2 Å². The first-order valence-electron chi connectivity index (χ1n) is 3.64. The summed E-state index contributed by atoms with van der Waals surface area (Å²) in [6.07, 6.45) is 2.51. The van der Waals surface area contributed by atoms with Crippen molar-refractivity contribution in [1.82, 2.24) is 4.98 Å². The molecule has 0 aromatic carbocycles. The molecule has 1 aromatic heterocycles. The summed E-state index contributed by atoms with van der Waals surface area (Å²) in [4.78, 5) is 14.3. The van der Waals surface area contributed by atoms with Crippen molar-refractivity contribution >= 4 is 28.0 Å². The minimum absolute atomic E-state index is 0.625. The van der Waals surface area contributed by atoms with Gasteiger partial charge in [-0.3, -0.25) is 0 Å². The lowest BCUT2D eigenvalue weighted by atomic mass is 10.2. The number of rotatable bonds is 2. The van der Waals surface area contributed by atoms with Crippen LogP contribution < -0.4 is 0 Å². The van der Waals surface area contributed by atoms with Crippen LogP contribution in [-0.4, -0.2) is 16.1 Å². The summed E-state index contributed by atoms with van der Waals surface area (Å²) in [6.45, 7) is 1.92. The van der Waals surface area contributed by atoms with Gasteiger partial charge < -0.3 is 5.11 Å². The molecular weight excluding hydrogens is 234 g/mol. The molecule has 1 rings (SSSR count). The summed E-state index contributed by atoms with van der Waals surface area (Å²) >= 11 is 3.26. The highest BCUT2D eigenvalue weighted by Crippen LogP contribution is 2.13. The largest absolute Gasteiger partial charge is 0.478 e. The molecule has 1 N–H and O–H groups in total. The molecule has 0 bridgehead atoms. The van der Waals surface area contributed by atoms with E-state index in [0.717, 1.165) is 16.2 Å². The maximum atomic E-state index is 10.2. The minimum atomic E-state index is -0.974. The summed E-state index contributed by atoms with van der Waals surface area (Å²) in [6, 6.07) is 3.64. The van der Waals surface area contributed by atoms with Gasteiger partial charge in [0.15, 0.2) is 0 Å². The van der Waals surface area contributed by atoms with Gasteiger partial charge in [0.2, 0.25) is 0 Å². The normalized spacial score (nSPS) is 10.6. The molecule has 0 saturated carbocycles. The summed E-state index contributed by atoms with van der Waals surface area (Å²) in [5.74, 6) is -0.974. The molecule has 0 aliphatic heterocycles. The van der Waals surface area contributed by atoms with Gasteiger partial charge in [-0.05, 0) is 40.6 Å². The number of hydrogen-bond donors (Lipinski definition) is 1. The average molecular weight is 242 g/mol. The lowest BCUT2D eigenvalue weighted by molar-refractivity contribution is -0.131. The van der Waals surface area contributed by atoms with E-state index in [0.29, 0.717) is 5.69 Å². The molecule has 0 aliphatic rings. The van der Waals surface area contributed by atoms with Crippen molar-refractivity contribution in [2.45, 2.75) is 6.92 Å². The van der Waals surface area contributed by atoms with Gasteiger partial charge in [0.1, 0.15) is 4.60 Å². The Morgan fingerprint density at radius 1 is 1.62 bits per heavy atom. The van der Waals surface area contributed by atoms with Crippen LogP contribution >= 0.6 is 15.9 Å². The number of halogens is 1. The smallest absolute Gasteiger partial charge is 0.328 e. The van der Waals surface area contributed by atoms with Crippen LogP contribution in [0.25, 0.3) is 6.08 Å². The third kappa shape index (κ3) is 2.99. The third-order valence-corrected chi connectivity index (χ3v) is 2.26. The monoisotopic (exact) mass is 241 g/mol. The molecule has 13 heavy (non-hydrogen) atoms. The molecule has 0 radical (unpaired) electrons. The summed E-state index contributed by atoms with van der Waals surface area (Å²) < 4.78 is 0.736. The Morgan fingerprint density at radius 2 is 2.31 bits per heavy atom. The molecule has 1 heterocycles. The number of carboxylic acid groups (broad SMARTS) is 1. The van der Waals surface area contributed by atoms with E-state index in [1.54, 1.807) is 6.07 Å². The Hall–Kier alpha value is -1.16. The van der Waals surface area contributed by atoms with Crippen molar-refractivity contribution in [2.24, 2.45) is 0 Å². The lowest BCUT2D eigenvalue weighted by Gasteiger charge is -1.97. The minimum Gasteiger partial charge on any atom is -0.478 e. The predicted octanol–water partition coefficient (Wildman–Crippen LogP) is 2.25. The summed E-state index contributed by atoms with van der Waals surface area (Å²) in [7, 11) is 0. The van der Waals surface area contributed by atoms with Crippen LogP contribution in [0.15, 0.2) is 22.8 Å². The van der Waals surface area contributed by atoms with Gasteiger partial charge in [-0.15, -0.1) is 0 Å².